The molecule has 0 aliphatic carbocycles. The Morgan fingerprint density at radius 2 is 1.36 bits per heavy atom. The molecular formula is C16H32N4O5. The molecule has 0 unspecified atom stereocenters. The summed E-state index contributed by atoms with van der Waals surface area (Å²) in [7, 11) is 0. The molecule has 1 saturated heterocycles. The maximum atomic E-state index is 12.1. The number of hydrogen-bond donors (Lipinski definition) is 3. The van der Waals surface area contributed by atoms with E-state index in [0.717, 1.165) is 0 Å². The zero-order chi connectivity index (χ0) is 19.3. The van der Waals surface area contributed by atoms with Crippen molar-refractivity contribution in [3.8, 4) is 0 Å². The standard InChI is InChI=1S/C16H32N4O5/c1-15(2,3)23-13(21)18-12(19-14(22)24-16(4,5)6)20-9-7-11(25-17)8-10-20/h11-12H,7-10,17H2,1-6H3,(H,18,21)(H,19,22). The average Bonchev–Trinajstić information content (AvgIpc) is 2.42. The first kappa shape index (κ1) is 21.5. The minimum absolute atomic E-state index is 0.0278. The van der Waals surface area contributed by atoms with Crippen molar-refractivity contribution in [3.63, 3.8) is 0 Å². The molecule has 0 spiro atoms. The van der Waals surface area contributed by atoms with Gasteiger partial charge >= 0.3 is 12.2 Å². The highest BCUT2D eigenvalue weighted by molar-refractivity contribution is 5.71. The molecule has 1 fully saturated rings. The highest BCUT2D eigenvalue weighted by Crippen LogP contribution is 2.15. The second-order valence-corrected chi connectivity index (χ2v) is 8.07. The summed E-state index contributed by atoms with van der Waals surface area (Å²) in [6.07, 6.45) is -0.627. The predicted molar refractivity (Wildman–Crippen MR) is 92.4 cm³/mol. The van der Waals surface area contributed by atoms with Crippen LogP contribution < -0.4 is 16.5 Å². The lowest BCUT2D eigenvalue weighted by Gasteiger charge is -2.37. The van der Waals surface area contributed by atoms with Crippen LogP contribution in [0.2, 0.25) is 0 Å². The Balaban J connectivity index is 2.73. The summed E-state index contributed by atoms with van der Waals surface area (Å²) in [5, 5.41) is 5.35. The normalized spacial score (nSPS) is 17.3. The van der Waals surface area contributed by atoms with Gasteiger partial charge in [0.25, 0.3) is 0 Å². The first-order valence-corrected chi connectivity index (χ1v) is 8.48. The Morgan fingerprint density at radius 1 is 0.960 bits per heavy atom. The maximum absolute atomic E-state index is 12.1. The quantitative estimate of drug-likeness (QED) is 0.516. The van der Waals surface area contributed by atoms with Crippen molar-refractivity contribution in [3.05, 3.63) is 0 Å². The van der Waals surface area contributed by atoms with E-state index in [1.807, 2.05) is 4.90 Å². The minimum atomic E-state index is -0.747. The number of nitrogens with two attached hydrogens (primary N) is 1. The Bertz CT molecular complexity index is 420. The fourth-order valence-electron chi connectivity index (χ4n) is 2.33. The molecule has 0 aromatic rings. The van der Waals surface area contributed by atoms with E-state index < -0.39 is 29.7 Å². The van der Waals surface area contributed by atoms with Crippen LogP contribution in [0.25, 0.3) is 0 Å². The zero-order valence-corrected chi connectivity index (χ0v) is 16.0. The molecule has 25 heavy (non-hydrogen) atoms. The molecule has 0 aromatic heterocycles. The lowest BCUT2D eigenvalue weighted by molar-refractivity contribution is -0.0175. The first-order valence-electron chi connectivity index (χ1n) is 8.48. The van der Waals surface area contributed by atoms with Crippen LogP contribution >= 0.6 is 0 Å². The second kappa shape index (κ2) is 8.68. The molecule has 1 rings (SSSR count). The van der Waals surface area contributed by atoms with E-state index in [9.17, 15) is 9.59 Å². The molecule has 0 bridgehead atoms. The van der Waals surface area contributed by atoms with Crippen LogP contribution in [0.5, 0.6) is 0 Å². The van der Waals surface area contributed by atoms with Crippen molar-refractivity contribution in [1.82, 2.24) is 15.5 Å². The van der Waals surface area contributed by atoms with Crippen LogP contribution in [0.1, 0.15) is 54.4 Å². The van der Waals surface area contributed by atoms with Gasteiger partial charge < -0.3 is 14.3 Å². The summed E-state index contributed by atoms with van der Waals surface area (Å²) in [5.41, 5.74) is -1.28. The van der Waals surface area contributed by atoms with Crippen molar-refractivity contribution in [2.45, 2.75) is 78.0 Å². The molecule has 0 atom stereocenters. The number of alkyl carbamates (subject to hydrolysis) is 2. The lowest BCUT2D eigenvalue weighted by atomic mass is 10.1. The number of carbonyl (C=O) groups is 2. The molecule has 146 valence electrons. The number of hydrogen-bond acceptors (Lipinski definition) is 7. The number of ether oxygens (including phenoxy) is 2. The van der Waals surface area contributed by atoms with Crippen LogP contribution in [0.4, 0.5) is 9.59 Å². The first-order chi connectivity index (χ1) is 11.4. The lowest BCUT2D eigenvalue weighted by Crippen LogP contribution is -2.61. The SMILES string of the molecule is CC(C)(C)OC(=O)NC(NC(=O)OC(C)(C)C)N1CCC(ON)CC1. The summed E-state index contributed by atoms with van der Waals surface area (Å²) in [6.45, 7) is 11.8. The largest absolute Gasteiger partial charge is 0.444 e. The molecule has 0 saturated carbocycles. The molecule has 9 nitrogen and oxygen atoms in total. The van der Waals surface area contributed by atoms with E-state index in [1.54, 1.807) is 41.5 Å². The second-order valence-electron chi connectivity index (χ2n) is 8.07. The summed E-state index contributed by atoms with van der Waals surface area (Å²) >= 11 is 0. The Labute approximate surface area is 149 Å². The fraction of sp³-hybridized carbons (Fsp3) is 0.875. The molecule has 1 aliphatic rings. The highest BCUT2D eigenvalue weighted by Gasteiger charge is 2.30. The molecule has 0 aromatic carbocycles. The number of piperidine rings is 1. The molecule has 4 N–H and O–H groups in total. The van der Waals surface area contributed by atoms with Crippen molar-refractivity contribution in [2.24, 2.45) is 5.90 Å². The molecule has 1 heterocycles. The third kappa shape index (κ3) is 8.89. The van der Waals surface area contributed by atoms with Gasteiger partial charge in [-0.25, -0.2) is 15.5 Å². The highest BCUT2D eigenvalue weighted by atomic mass is 16.6. The van der Waals surface area contributed by atoms with Gasteiger partial charge in [-0.15, -0.1) is 0 Å². The van der Waals surface area contributed by atoms with Crippen molar-refractivity contribution >= 4 is 12.2 Å². The van der Waals surface area contributed by atoms with E-state index in [1.165, 1.54) is 0 Å². The van der Waals surface area contributed by atoms with Crippen LogP contribution in [0, 0.1) is 0 Å². The number of rotatable bonds is 4. The molecule has 1 aliphatic heterocycles. The van der Waals surface area contributed by atoms with Gasteiger partial charge in [-0.1, -0.05) is 0 Å². The van der Waals surface area contributed by atoms with E-state index >= 15 is 0 Å². The molecule has 9 heteroatoms. The summed E-state index contributed by atoms with van der Waals surface area (Å²) < 4.78 is 10.5. The third-order valence-corrected chi connectivity index (χ3v) is 3.34. The zero-order valence-electron chi connectivity index (χ0n) is 16.0. The summed E-state index contributed by atoms with van der Waals surface area (Å²) in [4.78, 5) is 31.0. The smallest absolute Gasteiger partial charge is 0.410 e. The number of amides is 2. The van der Waals surface area contributed by atoms with Crippen LogP contribution in [0.3, 0.4) is 0 Å². The van der Waals surface area contributed by atoms with E-state index in [0.29, 0.717) is 25.9 Å². The number of carbonyl (C=O) groups excluding carboxylic acids is 2. The Hall–Kier alpha value is -1.58. The predicted octanol–water partition coefficient (Wildman–Crippen LogP) is 1.67. The topological polar surface area (TPSA) is 115 Å². The van der Waals surface area contributed by atoms with Crippen LogP contribution in [-0.4, -0.2) is 53.8 Å². The van der Waals surface area contributed by atoms with E-state index in [-0.39, 0.29) is 6.10 Å². The van der Waals surface area contributed by atoms with Gasteiger partial charge in [-0.3, -0.25) is 15.5 Å². The van der Waals surface area contributed by atoms with Crippen molar-refractivity contribution in [2.75, 3.05) is 13.1 Å². The molecule has 2 amide bonds. The fourth-order valence-corrected chi connectivity index (χ4v) is 2.33. The number of nitrogens with zero attached hydrogens (tertiary/aromatic N) is 1. The molecule has 0 radical (unpaired) electrons. The average molecular weight is 360 g/mol. The van der Waals surface area contributed by atoms with Gasteiger partial charge in [0.1, 0.15) is 11.2 Å². The van der Waals surface area contributed by atoms with Crippen LogP contribution in [0.15, 0.2) is 0 Å². The van der Waals surface area contributed by atoms with Crippen molar-refractivity contribution in [1.29, 1.82) is 0 Å². The maximum Gasteiger partial charge on any atom is 0.410 e. The van der Waals surface area contributed by atoms with Crippen LogP contribution in [-0.2, 0) is 14.3 Å². The monoisotopic (exact) mass is 360 g/mol. The number of nitrogens with one attached hydrogen (secondary N) is 2. The van der Waals surface area contributed by atoms with Gasteiger partial charge in [0.15, 0.2) is 6.29 Å². The Morgan fingerprint density at radius 3 is 1.68 bits per heavy atom. The van der Waals surface area contributed by atoms with Crippen molar-refractivity contribution < 1.29 is 23.9 Å². The van der Waals surface area contributed by atoms with E-state index in [4.69, 9.17) is 20.2 Å². The Kier molecular flexibility index (Phi) is 7.45. The van der Waals surface area contributed by atoms with E-state index in [2.05, 4.69) is 10.6 Å². The third-order valence-electron chi connectivity index (χ3n) is 3.34. The summed E-state index contributed by atoms with van der Waals surface area (Å²) in [5.74, 6) is 5.23. The van der Waals surface area contributed by atoms with Gasteiger partial charge in [0, 0.05) is 13.1 Å². The summed E-state index contributed by atoms with van der Waals surface area (Å²) in [6, 6.07) is 0. The van der Waals surface area contributed by atoms with Gasteiger partial charge in [0.2, 0.25) is 0 Å². The van der Waals surface area contributed by atoms with Gasteiger partial charge in [0.05, 0.1) is 6.10 Å². The number of likely N-dealkylation sites (tertiary alicyclic amines) is 1. The van der Waals surface area contributed by atoms with Gasteiger partial charge in [-0.2, -0.15) is 0 Å². The molecular weight excluding hydrogens is 328 g/mol. The minimum Gasteiger partial charge on any atom is -0.444 e. The van der Waals surface area contributed by atoms with Gasteiger partial charge in [-0.05, 0) is 54.4 Å².